The van der Waals surface area contributed by atoms with Gasteiger partial charge >= 0.3 is 0 Å². The fourth-order valence-electron chi connectivity index (χ4n) is 4.52. The molecule has 4 aromatic heterocycles. The van der Waals surface area contributed by atoms with Gasteiger partial charge in [-0.1, -0.05) is 54.6 Å². The first-order valence-corrected chi connectivity index (χ1v) is 10.8. The molecule has 0 amide bonds. The number of furan rings is 2. The molecule has 4 heterocycles. The maximum Gasteiger partial charge on any atom is 0.229 e. The molecule has 7 aromatic rings. The highest BCUT2D eigenvalue weighted by molar-refractivity contribution is 6.12. The number of nitrogens with zero attached hydrogens (tertiary/aromatic N) is 3. The number of hydrogen-bond acceptors (Lipinski definition) is 5. The second kappa shape index (κ2) is 6.93. The zero-order valence-electron chi connectivity index (χ0n) is 17.5. The molecule has 0 saturated heterocycles. The van der Waals surface area contributed by atoms with E-state index in [1.807, 2.05) is 72.9 Å². The Bertz CT molecular complexity index is 1780. The lowest BCUT2D eigenvalue weighted by atomic mass is 10.1. The van der Waals surface area contributed by atoms with Crippen LogP contribution < -0.4 is 4.90 Å². The van der Waals surface area contributed by atoms with Crippen LogP contribution in [0, 0.1) is 0 Å². The number of hydrogen-bond donors (Lipinski definition) is 0. The SMILES string of the molecule is c1ccc(N(c2cc3oc4ccccc4c3cn2)c2ccnc3oc4ccccc4c23)cc1. The lowest BCUT2D eigenvalue weighted by Gasteiger charge is -2.24. The van der Waals surface area contributed by atoms with Crippen LogP contribution in [0.3, 0.4) is 0 Å². The average molecular weight is 427 g/mol. The Morgan fingerprint density at radius 2 is 1.33 bits per heavy atom. The van der Waals surface area contributed by atoms with Gasteiger partial charge in [0, 0.05) is 40.3 Å². The van der Waals surface area contributed by atoms with Gasteiger partial charge in [-0.2, -0.15) is 0 Å². The van der Waals surface area contributed by atoms with Crippen LogP contribution in [0.4, 0.5) is 17.2 Å². The predicted octanol–water partition coefficient (Wildman–Crippen LogP) is 7.75. The van der Waals surface area contributed by atoms with Gasteiger partial charge in [0.2, 0.25) is 5.71 Å². The van der Waals surface area contributed by atoms with E-state index < -0.39 is 0 Å². The number of para-hydroxylation sites is 3. The number of aromatic nitrogens is 2. The van der Waals surface area contributed by atoms with E-state index in [9.17, 15) is 0 Å². The van der Waals surface area contributed by atoms with E-state index in [-0.39, 0.29) is 0 Å². The number of benzene rings is 3. The monoisotopic (exact) mass is 427 g/mol. The van der Waals surface area contributed by atoms with Crippen LogP contribution in [0.5, 0.6) is 0 Å². The van der Waals surface area contributed by atoms with Crippen LogP contribution in [0.1, 0.15) is 0 Å². The Kier molecular flexibility index (Phi) is 3.78. The molecule has 7 rings (SSSR count). The predicted molar refractivity (Wildman–Crippen MR) is 131 cm³/mol. The van der Waals surface area contributed by atoms with E-state index in [0.717, 1.165) is 55.5 Å². The molecule has 0 fully saturated rings. The van der Waals surface area contributed by atoms with E-state index >= 15 is 0 Å². The maximum atomic E-state index is 6.16. The number of rotatable bonds is 3. The fraction of sp³-hybridized carbons (Fsp3) is 0. The second-order valence-electron chi connectivity index (χ2n) is 7.92. The van der Waals surface area contributed by atoms with Crippen LogP contribution >= 0.6 is 0 Å². The highest BCUT2D eigenvalue weighted by Crippen LogP contribution is 2.42. The molecule has 156 valence electrons. The van der Waals surface area contributed by atoms with Crippen molar-refractivity contribution in [2.24, 2.45) is 0 Å². The molecule has 5 nitrogen and oxygen atoms in total. The first-order chi connectivity index (χ1) is 16.4. The fourth-order valence-corrected chi connectivity index (χ4v) is 4.52. The largest absolute Gasteiger partial charge is 0.456 e. The molecular formula is C28H17N3O2. The van der Waals surface area contributed by atoms with Crippen LogP contribution in [0.25, 0.3) is 44.0 Å². The summed E-state index contributed by atoms with van der Waals surface area (Å²) >= 11 is 0. The summed E-state index contributed by atoms with van der Waals surface area (Å²) in [5, 5.41) is 4.02. The van der Waals surface area contributed by atoms with Crippen molar-refractivity contribution in [2.45, 2.75) is 0 Å². The molecule has 0 aliphatic heterocycles. The maximum absolute atomic E-state index is 6.16. The minimum absolute atomic E-state index is 0.597. The molecule has 0 aliphatic carbocycles. The summed E-state index contributed by atoms with van der Waals surface area (Å²) in [6, 6.07) is 30.2. The summed E-state index contributed by atoms with van der Waals surface area (Å²) in [5.74, 6) is 0.755. The highest BCUT2D eigenvalue weighted by Gasteiger charge is 2.21. The van der Waals surface area contributed by atoms with E-state index in [0.29, 0.717) is 5.71 Å². The number of anilines is 3. The molecule has 3 aromatic carbocycles. The van der Waals surface area contributed by atoms with E-state index in [4.69, 9.17) is 13.8 Å². The molecular weight excluding hydrogens is 410 g/mol. The first-order valence-electron chi connectivity index (χ1n) is 10.8. The molecule has 0 N–H and O–H groups in total. The lowest BCUT2D eigenvalue weighted by Crippen LogP contribution is -2.11. The third-order valence-corrected chi connectivity index (χ3v) is 5.99. The van der Waals surface area contributed by atoms with E-state index in [1.54, 1.807) is 6.20 Å². The normalized spacial score (nSPS) is 11.6. The first kappa shape index (κ1) is 18.0. The molecule has 0 bridgehead atoms. The smallest absolute Gasteiger partial charge is 0.229 e. The van der Waals surface area contributed by atoms with Gasteiger partial charge in [0.1, 0.15) is 22.6 Å². The Morgan fingerprint density at radius 3 is 2.18 bits per heavy atom. The van der Waals surface area contributed by atoms with E-state index in [2.05, 4.69) is 34.1 Å². The number of pyridine rings is 2. The van der Waals surface area contributed by atoms with Gasteiger partial charge in [-0.15, -0.1) is 0 Å². The van der Waals surface area contributed by atoms with Crippen molar-refractivity contribution in [3.63, 3.8) is 0 Å². The van der Waals surface area contributed by atoms with Gasteiger partial charge in [0.15, 0.2) is 0 Å². The van der Waals surface area contributed by atoms with Gasteiger partial charge < -0.3 is 8.83 Å². The number of fused-ring (bicyclic) bond motifs is 6. The standard InChI is InChI=1S/C28H17N3O2/c1-2-8-18(9-3-1)31(22-14-15-29-28-27(22)20-11-5-7-13-24(20)33-28)26-16-25-21(17-30-26)19-10-4-6-12-23(19)32-25/h1-17H. The topological polar surface area (TPSA) is 55.3 Å². The Morgan fingerprint density at radius 1 is 0.606 bits per heavy atom. The van der Waals surface area contributed by atoms with Crippen molar-refractivity contribution in [2.75, 3.05) is 4.90 Å². The molecule has 0 spiro atoms. The minimum atomic E-state index is 0.597. The Labute approximate surface area is 188 Å². The van der Waals surface area contributed by atoms with Gasteiger partial charge in [-0.05, 0) is 30.3 Å². The van der Waals surface area contributed by atoms with Crippen LogP contribution in [-0.4, -0.2) is 9.97 Å². The van der Waals surface area contributed by atoms with Crippen molar-refractivity contribution >= 4 is 61.2 Å². The summed E-state index contributed by atoms with van der Waals surface area (Å²) in [6.45, 7) is 0. The van der Waals surface area contributed by atoms with E-state index in [1.165, 1.54) is 0 Å². The van der Waals surface area contributed by atoms with Gasteiger partial charge in [0.05, 0.1) is 11.1 Å². The zero-order chi connectivity index (χ0) is 21.8. The van der Waals surface area contributed by atoms with Gasteiger partial charge in [-0.3, -0.25) is 4.90 Å². The molecule has 5 heteroatoms. The summed E-state index contributed by atoms with van der Waals surface area (Å²) in [7, 11) is 0. The Balaban J connectivity index is 1.53. The van der Waals surface area contributed by atoms with Crippen molar-refractivity contribution in [1.82, 2.24) is 9.97 Å². The quantitative estimate of drug-likeness (QED) is 0.289. The summed E-state index contributed by atoms with van der Waals surface area (Å²) in [5.41, 5.74) is 4.98. The summed E-state index contributed by atoms with van der Waals surface area (Å²) < 4.78 is 12.2. The second-order valence-corrected chi connectivity index (χ2v) is 7.92. The molecule has 0 unspecified atom stereocenters. The van der Waals surface area contributed by atoms with Gasteiger partial charge in [0.25, 0.3) is 0 Å². The molecule has 0 atom stereocenters. The average Bonchev–Trinajstić information content (AvgIpc) is 3.43. The summed E-state index contributed by atoms with van der Waals surface area (Å²) in [6.07, 6.45) is 3.66. The van der Waals surface area contributed by atoms with Crippen molar-refractivity contribution < 1.29 is 8.83 Å². The molecule has 0 radical (unpaired) electrons. The minimum Gasteiger partial charge on any atom is -0.456 e. The van der Waals surface area contributed by atoms with Gasteiger partial charge in [-0.25, -0.2) is 9.97 Å². The third kappa shape index (κ3) is 2.72. The summed E-state index contributed by atoms with van der Waals surface area (Å²) in [4.78, 5) is 11.5. The van der Waals surface area contributed by atoms with Crippen molar-refractivity contribution in [3.05, 3.63) is 103 Å². The molecule has 0 saturated carbocycles. The lowest BCUT2D eigenvalue weighted by molar-refractivity contribution is 0.654. The van der Waals surface area contributed by atoms with Crippen LogP contribution in [0.15, 0.2) is 112 Å². The van der Waals surface area contributed by atoms with Crippen molar-refractivity contribution in [3.8, 4) is 0 Å². The van der Waals surface area contributed by atoms with Crippen LogP contribution in [0.2, 0.25) is 0 Å². The molecule has 33 heavy (non-hydrogen) atoms. The highest BCUT2D eigenvalue weighted by atomic mass is 16.3. The van der Waals surface area contributed by atoms with Crippen LogP contribution in [-0.2, 0) is 0 Å². The Hall–Kier alpha value is -4.64. The molecule has 0 aliphatic rings. The zero-order valence-corrected chi connectivity index (χ0v) is 17.5. The van der Waals surface area contributed by atoms with Crippen molar-refractivity contribution in [1.29, 1.82) is 0 Å². The third-order valence-electron chi connectivity index (χ3n) is 5.99.